The maximum atomic E-state index is 4.59. The van der Waals surface area contributed by atoms with Gasteiger partial charge in [-0.25, -0.2) is 0 Å². The molecule has 0 aliphatic carbocycles. The van der Waals surface area contributed by atoms with Gasteiger partial charge in [0.25, 0.3) is 0 Å². The van der Waals surface area contributed by atoms with Crippen LogP contribution in [-0.4, -0.2) is 4.98 Å². The number of nitrogens with one attached hydrogen (secondary N) is 1. The van der Waals surface area contributed by atoms with E-state index in [2.05, 4.69) is 75.6 Å². The van der Waals surface area contributed by atoms with Gasteiger partial charge in [0.15, 0.2) is 0 Å². The normalized spacial score (nSPS) is 10.8. The molecule has 1 heterocycles. The summed E-state index contributed by atoms with van der Waals surface area (Å²) in [6.07, 6.45) is 0. The minimum atomic E-state index is 0.798. The van der Waals surface area contributed by atoms with Crippen molar-refractivity contribution >= 4 is 32.5 Å². The van der Waals surface area contributed by atoms with E-state index in [9.17, 15) is 0 Å². The first-order valence-corrected chi connectivity index (χ1v) is 7.78. The van der Waals surface area contributed by atoms with Crippen molar-refractivity contribution in [2.45, 2.75) is 20.4 Å². The SMILES string of the molecule is Cc1cc(CNc2ccc(Br)cc2C)c2ccccc2n1. The lowest BCUT2D eigenvalue weighted by Crippen LogP contribution is -2.03. The van der Waals surface area contributed by atoms with E-state index in [0.717, 1.165) is 27.9 Å². The number of aryl methyl sites for hydroxylation is 2. The fraction of sp³-hybridized carbons (Fsp3) is 0.167. The number of hydrogen-bond acceptors (Lipinski definition) is 2. The molecule has 0 bridgehead atoms. The van der Waals surface area contributed by atoms with Gasteiger partial charge in [0.05, 0.1) is 5.52 Å². The van der Waals surface area contributed by atoms with Crippen LogP contribution in [0.4, 0.5) is 5.69 Å². The number of para-hydroxylation sites is 1. The lowest BCUT2D eigenvalue weighted by molar-refractivity contribution is 1.12. The summed E-state index contributed by atoms with van der Waals surface area (Å²) in [5.41, 5.74) is 5.79. The second kappa shape index (κ2) is 5.86. The molecular weight excluding hydrogens is 324 g/mol. The number of halogens is 1. The monoisotopic (exact) mass is 340 g/mol. The van der Waals surface area contributed by atoms with Crippen LogP contribution in [0, 0.1) is 13.8 Å². The third-order valence-corrected chi connectivity index (χ3v) is 4.08. The Hall–Kier alpha value is -1.87. The van der Waals surface area contributed by atoms with Crippen LogP contribution >= 0.6 is 15.9 Å². The maximum absolute atomic E-state index is 4.59. The Kier molecular flexibility index (Phi) is 3.93. The lowest BCUT2D eigenvalue weighted by Gasteiger charge is -2.12. The number of rotatable bonds is 3. The predicted octanol–water partition coefficient (Wildman–Crippen LogP) is 5.23. The summed E-state index contributed by atoms with van der Waals surface area (Å²) in [6.45, 7) is 4.95. The number of hydrogen-bond donors (Lipinski definition) is 1. The minimum absolute atomic E-state index is 0.798. The third kappa shape index (κ3) is 3.08. The first-order chi connectivity index (χ1) is 10.1. The van der Waals surface area contributed by atoms with E-state index in [4.69, 9.17) is 0 Å². The smallest absolute Gasteiger partial charge is 0.0708 e. The second-order valence-corrected chi connectivity index (χ2v) is 6.17. The van der Waals surface area contributed by atoms with Crippen molar-refractivity contribution in [2.75, 3.05) is 5.32 Å². The van der Waals surface area contributed by atoms with Gasteiger partial charge in [-0.15, -0.1) is 0 Å². The van der Waals surface area contributed by atoms with Crippen LogP contribution in [-0.2, 0) is 6.54 Å². The van der Waals surface area contributed by atoms with E-state index in [1.165, 1.54) is 16.5 Å². The van der Waals surface area contributed by atoms with Gasteiger partial charge in [-0.1, -0.05) is 34.1 Å². The zero-order valence-corrected chi connectivity index (χ0v) is 13.7. The molecule has 3 rings (SSSR count). The Morgan fingerprint density at radius 1 is 1.05 bits per heavy atom. The fourth-order valence-corrected chi connectivity index (χ4v) is 3.03. The summed E-state index contributed by atoms with van der Waals surface area (Å²) in [5, 5.41) is 4.74. The van der Waals surface area contributed by atoms with Crippen molar-refractivity contribution in [3.63, 3.8) is 0 Å². The number of anilines is 1. The van der Waals surface area contributed by atoms with E-state index in [0.29, 0.717) is 0 Å². The molecule has 0 atom stereocenters. The molecule has 0 spiro atoms. The van der Waals surface area contributed by atoms with Crippen LogP contribution in [0.25, 0.3) is 10.9 Å². The highest BCUT2D eigenvalue weighted by atomic mass is 79.9. The first-order valence-electron chi connectivity index (χ1n) is 6.99. The maximum Gasteiger partial charge on any atom is 0.0708 e. The molecule has 0 unspecified atom stereocenters. The number of nitrogens with zero attached hydrogens (tertiary/aromatic N) is 1. The number of fused-ring (bicyclic) bond motifs is 1. The molecule has 21 heavy (non-hydrogen) atoms. The fourth-order valence-electron chi connectivity index (χ4n) is 2.56. The van der Waals surface area contributed by atoms with E-state index in [1.54, 1.807) is 0 Å². The Balaban J connectivity index is 1.91. The highest BCUT2D eigenvalue weighted by Crippen LogP contribution is 2.23. The van der Waals surface area contributed by atoms with Gasteiger partial charge in [-0.3, -0.25) is 4.98 Å². The average Bonchev–Trinajstić information content (AvgIpc) is 2.46. The number of pyridine rings is 1. The molecule has 3 aromatic rings. The summed E-state index contributed by atoms with van der Waals surface area (Å²) in [5.74, 6) is 0. The first kappa shape index (κ1) is 14.1. The van der Waals surface area contributed by atoms with Crippen LogP contribution in [0.1, 0.15) is 16.8 Å². The molecule has 0 radical (unpaired) electrons. The quantitative estimate of drug-likeness (QED) is 0.706. The molecule has 0 saturated carbocycles. The van der Waals surface area contributed by atoms with Gasteiger partial charge in [0.2, 0.25) is 0 Å². The standard InChI is InChI=1S/C18H17BrN2/c1-12-9-15(19)7-8-17(12)20-11-14-10-13(2)21-18-6-4-3-5-16(14)18/h3-10,20H,11H2,1-2H3. The van der Waals surface area contributed by atoms with Crippen LogP contribution in [0.15, 0.2) is 53.0 Å². The van der Waals surface area contributed by atoms with Crippen molar-refractivity contribution in [2.24, 2.45) is 0 Å². The molecule has 106 valence electrons. The Labute approximate surface area is 133 Å². The van der Waals surface area contributed by atoms with Gasteiger partial charge in [-0.05, 0) is 55.3 Å². The molecule has 1 aromatic heterocycles. The van der Waals surface area contributed by atoms with Crippen LogP contribution in [0.3, 0.4) is 0 Å². The van der Waals surface area contributed by atoms with Crippen LogP contribution < -0.4 is 5.32 Å². The molecule has 0 saturated heterocycles. The van der Waals surface area contributed by atoms with Gasteiger partial charge in [-0.2, -0.15) is 0 Å². The van der Waals surface area contributed by atoms with Crippen molar-refractivity contribution in [3.05, 3.63) is 69.8 Å². The number of benzene rings is 2. The highest BCUT2D eigenvalue weighted by Gasteiger charge is 2.05. The van der Waals surface area contributed by atoms with E-state index in [-0.39, 0.29) is 0 Å². The van der Waals surface area contributed by atoms with Crippen molar-refractivity contribution < 1.29 is 0 Å². The van der Waals surface area contributed by atoms with E-state index in [1.807, 2.05) is 13.0 Å². The molecule has 0 aliphatic rings. The molecular formula is C18H17BrN2. The highest BCUT2D eigenvalue weighted by molar-refractivity contribution is 9.10. The van der Waals surface area contributed by atoms with Crippen molar-refractivity contribution in [1.82, 2.24) is 4.98 Å². The van der Waals surface area contributed by atoms with E-state index >= 15 is 0 Å². The Morgan fingerprint density at radius 3 is 2.67 bits per heavy atom. The number of aromatic nitrogens is 1. The topological polar surface area (TPSA) is 24.9 Å². The van der Waals surface area contributed by atoms with E-state index < -0.39 is 0 Å². The Bertz CT molecular complexity index is 796. The summed E-state index contributed by atoms with van der Waals surface area (Å²) in [4.78, 5) is 4.59. The summed E-state index contributed by atoms with van der Waals surface area (Å²) < 4.78 is 1.11. The molecule has 2 aromatic carbocycles. The largest absolute Gasteiger partial charge is 0.381 e. The molecule has 0 fully saturated rings. The van der Waals surface area contributed by atoms with Crippen LogP contribution in [0.5, 0.6) is 0 Å². The molecule has 0 amide bonds. The zero-order valence-electron chi connectivity index (χ0n) is 12.2. The van der Waals surface area contributed by atoms with Gasteiger partial charge < -0.3 is 5.32 Å². The lowest BCUT2D eigenvalue weighted by atomic mass is 10.1. The molecule has 2 nitrogen and oxygen atoms in total. The molecule has 0 aliphatic heterocycles. The zero-order chi connectivity index (χ0) is 14.8. The van der Waals surface area contributed by atoms with Gasteiger partial charge in [0.1, 0.15) is 0 Å². The molecule has 1 N–H and O–H groups in total. The van der Waals surface area contributed by atoms with Crippen LogP contribution in [0.2, 0.25) is 0 Å². The minimum Gasteiger partial charge on any atom is -0.381 e. The average molecular weight is 341 g/mol. The summed E-state index contributed by atoms with van der Waals surface area (Å²) in [6, 6.07) is 16.7. The van der Waals surface area contributed by atoms with Crippen molar-refractivity contribution in [3.8, 4) is 0 Å². The second-order valence-electron chi connectivity index (χ2n) is 5.25. The summed E-state index contributed by atoms with van der Waals surface area (Å²) >= 11 is 3.50. The summed E-state index contributed by atoms with van der Waals surface area (Å²) in [7, 11) is 0. The van der Waals surface area contributed by atoms with Crippen molar-refractivity contribution in [1.29, 1.82) is 0 Å². The third-order valence-electron chi connectivity index (χ3n) is 3.59. The van der Waals surface area contributed by atoms with Gasteiger partial charge in [0, 0.05) is 27.8 Å². The molecule has 3 heteroatoms. The van der Waals surface area contributed by atoms with Gasteiger partial charge >= 0.3 is 0 Å². The predicted molar refractivity (Wildman–Crippen MR) is 92.7 cm³/mol. The Morgan fingerprint density at radius 2 is 1.86 bits per heavy atom.